The molecular weight excluding hydrogens is 497 g/mol. The first-order valence-corrected chi connectivity index (χ1v) is 9.91. The molecule has 2 aromatic carbocycles. The van der Waals surface area contributed by atoms with Crippen LogP contribution in [-0.2, 0) is 6.54 Å². The van der Waals surface area contributed by atoms with Gasteiger partial charge in [0, 0.05) is 55.0 Å². The predicted molar refractivity (Wildman–Crippen MR) is 133 cm³/mol. The highest BCUT2D eigenvalue weighted by Crippen LogP contribution is 2.23. The van der Waals surface area contributed by atoms with E-state index < -0.39 is 0 Å². The highest BCUT2D eigenvalue weighted by Gasteiger charge is 2.23. The average Bonchev–Trinajstić information content (AvgIpc) is 3.19. The molecule has 1 fully saturated rings. The number of aliphatic imine (C=N–C) groups is 1. The Kier molecular flexibility index (Phi) is 7.55. The lowest BCUT2D eigenvalue weighted by atomic mass is 10.1. The van der Waals surface area contributed by atoms with E-state index in [9.17, 15) is 0 Å². The molecule has 2 N–H and O–H groups in total. The van der Waals surface area contributed by atoms with Gasteiger partial charge in [-0.15, -0.1) is 24.0 Å². The molecule has 1 aliphatic heterocycles. The van der Waals surface area contributed by atoms with Crippen molar-refractivity contribution >= 4 is 58.1 Å². The number of hydrogen-bond acceptors (Lipinski definition) is 3. The van der Waals surface area contributed by atoms with E-state index in [1.807, 2.05) is 30.5 Å². The summed E-state index contributed by atoms with van der Waals surface area (Å²) in [6.45, 7) is 2.61. The predicted octanol–water partition coefficient (Wildman–Crippen LogP) is 4.45. The first kappa shape index (κ1) is 21.6. The van der Waals surface area contributed by atoms with Crippen LogP contribution in [0.3, 0.4) is 0 Å². The van der Waals surface area contributed by atoms with Crippen molar-refractivity contribution in [3.63, 3.8) is 0 Å². The van der Waals surface area contributed by atoms with Gasteiger partial charge in [0.25, 0.3) is 0 Å². The van der Waals surface area contributed by atoms with Crippen LogP contribution in [0.25, 0.3) is 10.9 Å². The zero-order valence-electron chi connectivity index (χ0n) is 16.3. The Balaban J connectivity index is 0.00000240. The van der Waals surface area contributed by atoms with Gasteiger partial charge in [0.2, 0.25) is 0 Å². The minimum absolute atomic E-state index is 0. The van der Waals surface area contributed by atoms with E-state index in [1.165, 1.54) is 5.69 Å². The number of rotatable bonds is 4. The quantitative estimate of drug-likeness (QED) is 0.303. The van der Waals surface area contributed by atoms with Gasteiger partial charge in [-0.1, -0.05) is 41.9 Å². The van der Waals surface area contributed by atoms with Crippen molar-refractivity contribution in [2.75, 3.05) is 25.0 Å². The maximum atomic E-state index is 6.13. The van der Waals surface area contributed by atoms with Crippen molar-refractivity contribution < 1.29 is 0 Å². The van der Waals surface area contributed by atoms with Crippen LogP contribution in [0.5, 0.6) is 0 Å². The Bertz CT molecular complexity index is 988. The van der Waals surface area contributed by atoms with Crippen molar-refractivity contribution in [1.29, 1.82) is 0 Å². The van der Waals surface area contributed by atoms with Crippen molar-refractivity contribution in [3.8, 4) is 0 Å². The molecule has 0 spiro atoms. The summed E-state index contributed by atoms with van der Waals surface area (Å²) in [7, 11) is 1.81. The summed E-state index contributed by atoms with van der Waals surface area (Å²) in [5, 5.41) is 8.89. The van der Waals surface area contributed by atoms with Gasteiger partial charge >= 0.3 is 0 Å². The smallest absolute Gasteiger partial charge is 0.191 e. The zero-order valence-corrected chi connectivity index (χ0v) is 19.4. The third kappa shape index (κ3) is 5.30. The largest absolute Gasteiger partial charge is 0.369 e. The normalized spacial score (nSPS) is 16.6. The fraction of sp³-hybridized carbons (Fsp3) is 0.273. The van der Waals surface area contributed by atoms with E-state index in [1.54, 1.807) is 7.05 Å². The van der Waals surface area contributed by atoms with Gasteiger partial charge in [-0.05, 0) is 36.2 Å². The summed E-state index contributed by atoms with van der Waals surface area (Å²) in [6.07, 6.45) is 2.89. The van der Waals surface area contributed by atoms with Crippen LogP contribution < -0.4 is 15.5 Å². The van der Waals surface area contributed by atoms with Gasteiger partial charge in [0.15, 0.2) is 5.96 Å². The molecule has 3 aromatic rings. The second-order valence-electron chi connectivity index (χ2n) is 6.97. The lowest BCUT2D eigenvalue weighted by Gasteiger charge is -2.20. The number of hydrogen-bond donors (Lipinski definition) is 2. The minimum Gasteiger partial charge on any atom is -0.369 e. The van der Waals surface area contributed by atoms with E-state index in [2.05, 4.69) is 55.8 Å². The summed E-state index contributed by atoms with van der Waals surface area (Å²) < 4.78 is 0. The van der Waals surface area contributed by atoms with E-state index >= 15 is 0 Å². The van der Waals surface area contributed by atoms with Crippen LogP contribution >= 0.6 is 35.6 Å². The molecule has 1 saturated heterocycles. The van der Waals surface area contributed by atoms with Gasteiger partial charge in [0.1, 0.15) is 0 Å². The van der Waals surface area contributed by atoms with E-state index in [-0.39, 0.29) is 24.0 Å². The standard InChI is InChI=1S/C22H24ClN5.HI/c1-24-22(26-14-17-6-2-5-16-7-4-11-25-21(16)17)27-19-10-12-28(15-19)20-9-3-8-18(23)13-20;/h2-9,11,13,19H,10,12,14-15H2,1H3,(H2,24,26,27);1H. The minimum atomic E-state index is 0. The summed E-state index contributed by atoms with van der Waals surface area (Å²) in [4.78, 5) is 11.3. The number of aromatic nitrogens is 1. The Labute approximate surface area is 193 Å². The first-order chi connectivity index (χ1) is 13.7. The summed E-state index contributed by atoms with van der Waals surface area (Å²) in [5.41, 5.74) is 3.36. The lowest BCUT2D eigenvalue weighted by Crippen LogP contribution is -2.44. The first-order valence-electron chi connectivity index (χ1n) is 9.53. The molecule has 29 heavy (non-hydrogen) atoms. The fourth-order valence-corrected chi connectivity index (χ4v) is 3.85. The zero-order chi connectivity index (χ0) is 19.3. The number of para-hydroxylation sites is 1. The van der Waals surface area contributed by atoms with Crippen LogP contribution in [0.4, 0.5) is 5.69 Å². The maximum absolute atomic E-state index is 6.13. The molecular formula is C22H25ClIN5. The molecule has 1 aromatic heterocycles. The fourth-order valence-electron chi connectivity index (χ4n) is 3.66. The summed E-state index contributed by atoms with van der Waals surface area (Å²) >= 11 is 6.13. The summed E-state index contributed by atoms with van der Waals surface area (Å²) in [6, 6.07) is 18.7. The van der Waals surface area contributed by atoms with Gasteiger partial charge in [-0.25, -0.2) is 0 Å². The third-order valence-corrected chi connectivity index (χ3v) is 5.32. The molecule has 7 heteroatoms. The number of nitrogens with one attached hydrogen (secondary N) is 2. The van der Waals surface area contributed by atoms with Crippen molar-refractivity contribution in [2.24, 2.45) is 4.99 Å². The van der Waals surface area contributed by atoms with Crippen LogP contribution in [0.15, 0.2) is 65.8 Å². The maximum Gasteiger partial charge on any atom is 0.191 e. The SMILES string of the molecule is CN=C(NCc1cccc2cccnc12)NC1CCN(c2cccc(Cl)c2)C1.I. The number of halogens is 2. The number of anilines is 1. The topological polar surface area (TPSA) is 52.6 Å². The van der Waals surface area contributed by atoms with Crippen molar-refractivity contribution in [1.82, 2.24) is 15.6 Å². The molecule has 1 aliphatic rings. The van der Waals surface area contributed by atoms with Crippen molar-refractivity contribution in [2.45, 2.75) is 19.0 Å². The van der Waals surface area contributed by atoms with Crippen LogP contribution in [0, 0.1) is 0 Å². The number of fused-ring (bicyclic) bond motifs is 1. The molecule has 0 aliphatic carbocycles. The van der Waals surface area contributed by atoms with E-state index in [4.69, 9.17) is 11.6 Å². The third-order valence-electron chi connectivity index (χ3n) is 5.09. The Hall–Kier alpha value is -2.06. The second kappa shape index (κ2) is 10.1. The number of nitrogens with zero attached hydrogens (tertiary/aromatic N) is 3. The average molecular weight is 522 g/mol. The number of guanidine groups is 1. The highest BCUT2D eigenvalue weighted by atomic mass is 127. The van der Waals surface area contributed by atoms with E-state index in [0.717, 1.165) is 47.0 Å². The molecule has 2 heterocycles. The van der Waals surface area contributed by atoms with E-state index in [0.29, 0.717) is 12.6 Å². The molecule has 0 radical (unpaired) electrons. The highest BCUT2D eigenvalue weighted by molar-refractivity contribution is 14.0. The molecule has 1 unspecified atom stereocenters. The van der Waals surface area contributed by atoms with Crippen LogP contribution in [0.1, 0.15) is 12.0 Å². The second-order valence-corrected chi connectivity index (χ2v) is 7.41. The molecule has 0 bridgehead atoms. The van der Waals surface area contributed by atoms with Gasteiger partial charge < -0.3 is 15.5 Å². The Morgan fingerprint density at radius 3 is 2.86 bits per heavy atom. The Morgan fingerprint density at radius 1 is 1.21 bits per heavy atom. The van der Waals surface area contributed by atoms with Crippen LogP contribution in [0.2, 0.25) is 5.02 Å². The van der Waals surface area contributed by atoms with Gasteiger partial charge in [-0.3, -0.25) is 9.98 Å². The molecule has 5 nitrogen and oxygen atoms in total. The molecule has 1 atom stereocenters. The van der Waals surface area contributed by atoms with Gasteiger partial charge in [0.05, 0.1) is 5.52 Å². The Morgan fingerprint density at radius 2 is 2.03 bits per heavy atom. The molecule has 4 rings (SSSR count). The molecule has 152 valence electrons. The van der Waals surface area contributed by atoms with Crippen molar-refractivity contribution in [3.05, 3.63) is 71.4 Å². The number of benzene rings is 2. The number of pyridine rings is 1. The molecule has 0 saturated carbocycles. The molecule has 0 amide bonds. The van der Waals surface area contributed by atoms with Gasteiger partial charge in [-0.2, -0.15) is 0 Å². The monoisotopic (exact) mass is 521 g/mol. The summed E-state index contributed by atoms with van der Waals surface area (Å²) in [5.74, 6) is 0.811. The van der Waals surface area contributed by atoms with Crippen LogP contribution in [-0.4, -0.2) is 37.1 Å². The lowest BCUT2D eigenvalue weighted by molar-refractivity contribution is 0.649.